The highest BCUT2D eigenvalue weighted by Gasteiger charge is 2.48. The average Bonchev–Trinajstić information content (AvgIpc) is 3.50. The van der Waals surface area contributed by atoms with Gasteiger partial charge in [0.25, 0.3) is 5.91 Å². The number of nitrogens with one attached hydrogen (secondary N) is 5. The van der Waals surface area contributed by atoms with Crippen molar-refractivity contribution in [3.05, 3.63) is 35.8 Å². The lowest BCUT2D eigenvalue weighted by Gasteiger charge is -2.45. The molecule has 0 aromatic rings. The standard InChI is InChI=1S/C25H41N11O3/c1-4-18-27-16-7-5-6-8-17(16)36(18)23-29-20-19(21(31-23)34-9-11-38-12-10-34)28-24(30-20)39-15-13-35(14-15)22(37)25(2,3)32-33-26/h5-8,15-18,21,23-24,27-31H,4,9-14H2,1-3H3,(H2,26,32). The molecule has 0 aromatic carbocycles. The Hall–Kier alpha value is -2.75. The maximum absolute atomic E-state index is 12.7. The zero-order valence-electron chi connectivity index (χ0n) is 22.8. The molecule has 39 heavy (non-hydrogen) atoms. The van der Waals surface area contributed by atoms with Gasteiger partial charge in [0.05, 0.1) is 37.2 Å². The van der Waals surface area contributed by atoms with Gasteiger partial charge < -0.3 is 36.2 Å². The molecule has 0 bridgehead atoms. The first-order valence-corrected chi connectivity index (χ1v) is 13.9. The molecule has 6 rings (SSSR count). The van der Waals surface area contributed by atoms with Crippen LogP contribution in [-0.4, -0.2) is 109 Å². The second-order valence-electron chi connectivity index (χ2n) is 11.3. The number of hydrogen-bond acceptors (Lipinski definition) is 12. The minimum absolute atomic E-state index is 0.0298. The van der Waals surface area contributed by atoms with Crippen LogP contribution < -0.4 is 32.4 Å². The third-order valence-corrected chi connectivity index (χ3v) is 8.29. The van der Waals surface area contributed by atoms with Gasteiger partial charge in [-0.3, -0.25) is 20.3 Å². The molecule has 5 heterocycles. The lowest BCUT2D eigenvalue weighted by Crippen LogP contribution is -2.68. The summed E-state index contributed by atoms with van der Waals surface area (Å²) < 4.78 is 12.0. The first-order valence-electron chi connectivity index (χ1n) is 13.9. The molecule has 0 radical (unpaired) electrons. The number of amides is 1. The molecule has 0 aromatic heterocycles. The smallest absolute Gasteiger partial charge is 0.252 e. The van der Waals surface area contributed by atoms with E-state index in [4.69, 9.17) is 15.3 Å². The predicted octanol–water partition coefficient (Wildman–Crippen LogP) is -1.40. The van der Waals surface area contributed by atoms with Gasteiger partial charge in [-0.15, -0.1) is 0 Å². The van der Waals surface area contributed by atoms with Crippen LogP contribution in [0.5, 0.6) is 0 Å². The van der Waals surface area contributed by atoms with E-state index in [1.165, 1.54) is 0 Å². The Kier molecular flexibility index (Phi) is 7.24. The molecule has 214 valence electrons. The lowest BCUT2D eigenvalue weighted by molar-refractivity contribution is -0.156. The number of rotatable bonds is 7. The van der Waals surface area contributed by atoms with Gasteiger partial charge in [0.15, 0.2) is 5.54 Å². The number of fused-ring (bicyclic) bond motifs is 1. The van der Waals surface area contributed by atoms with E-state index in [2.05, 4.69) is 77.9 Å². The number of carbonyl (C=O) groups excluding carboxylic acids is 1. The number of nitrogens with two attached hydrogens (primary N) is 1. The van der Waals surface area contributed by atoms with Gasteiger partial charge in [0, 0.05) is 32.2 Å². The zero-order chi connectivity index (χ0) is 27.1. The molecule has 0 saturated carbocycles. The van der Waals surface area contributed by atoms with Gasteiger partial charge in [-0.2, -0.15) is 5.11 Å². The summed E-state index contributed by atoms with van der Waals surface area (Å²) in [6.07, 6.45) is 9.36. The highest BCUT2D eigenvalue weighted by atomic mass is 16.5. The van der Waals surface area contributed by atoms with Crippen LogP contribution in [0.4, 0.5) is 0 Å². The topological polar surface area (TPSA) is 156 Å². The Labute approximate surface area is 229 Å². The van der Waals surface area contributed by atoms with Crippen molar-refractivity contribution in [3.63, 3.8) is 0 Å². The summed E-state index contributed by atoms with van der Waals surface area (Å²) in [5.74, 6) is 6.00. The van der Waals surface area contributed by atoms with Crippen LogP contribution in [0, 0.1) is 0 Å². The molecule has 1 amide bonds. The van der Waals surface area contributed by atoms with Gasteiger partial charge in [-0.25, -0.2) is 4.90 Å². The van der Waals surface area contributed by atoms with Crippen molar-refractivity contribution in [3.8, 4) is 0 Å². The maximum Gasteiger partial charge on any atom is 0.252 e. The molecule has 3 fully saturated rings. The van der Waals surface area contributed by atoms with Crippen LogP contribution in [0.25, 0.3) is 0 Å². The zero-order valence-corrected chi connectivity index (χ0v) is 22.8. The summed E-state index contributed by atoms with van der Waals surface area (Å²) in [6.45, 7) is 9.72. The third-order valence-electron chi connectivity index (χ3n) is 8.29. The maximum atomic E-state index is 12.7. The quantitative estimate of drug-likeness (QED) is 0.128. The van der Waals surface area contributed by atoms with Crippen molar-refractivity contribution in [2.24, 2.45) is 16.2 Å². The largest absolute Gasteiger partial charge is 0.379 e. The van der Waals surface area contributed by atoms with Crippen LogP contribution in [0.15, 0.2) is 46.2 Å². The van der Waals surface area contributed by atoms with Gasteiger partial charge in [-0.1, -0.05) is 36.5 Å². The van der Waals surface area contributed by atoms with Crippen molar-refractivity contribution in [2.75, 3.05) is 39.4 Å². The SMILES string of the molecule is CCC1NC2C=CC=CC2N1C1NC2=C(NC(OC3CN(C(=O)C(C)(C)N=NN)C3)N2)C(N2CCOCC2)N1. The Balaban J connectivity index is 1.13. The van der Waals surface area contributed by atoms with E-state index in [-0.39, 0.29) is 42.7 Å². The van der Waals surface area contributed by atoms with Gasteiger partial charge >= 0.3 is 0 Å². The fraction of sp³-hybridized carbons (Fsp3) is 0.720. The molecule has 6 aliphatic rings. The molecular weight excluding hydrogens is 502 g/mol. The van der Waals surface area contributed by atoms with Crippen LogP contribution >= 0.6 is 0 Å². The van der Waals surface area contributed by atoms with E-state index in [9.17, 15) is 4.79 Å². The summed E-state index contributed by atoms with van der Waals surface area (Å²) in [7, 11) is 0. The monoisotopic (exact) mass is 543 g/mol. The van der Waals surface area contributed by atoms with Crippen LogP contribution in [0.1, 0.15) is 27.2 Å². The van der Waals surface area contributed by atoms with Crippen molar-refractivity contribution in [1.82, 2.24) is 41.3 Å². The van der Waals surface area contributed by atoms with Crippen molar-refractivity contribution < 1.29 is 14.3 Å². The summed E-state index contributed by atoms with van der Waals surface area (Å²) in [5, 5.41) is 25.6. The van der Waals surface area contributed by atoms with Gasteiger partial charge in [-0.05, 0) is 20.3 Å². The van der Waals surface area contributed by atoms with E-state index in [0.717, 1.165) is 31.0 Å². The van der Waals surface area contributed by atoms with E-state index < -0.39 is 11.9 Å². The lowest BCUT2D eigenvalue weighted by atomic mass is 10.0. The van der Waals surface area contributed by atoms with Crippen LogP contribution in [-0.2, 0) is 14.3 Å². The second kappa shape index (κ2) is 10.7. The minimum atomic E-state index is -0.983. The molecule has 6 unspecified atom stereocenters. The van der Waals surface area contributed by atoms with Crippen molar-refractivity contribution in [2.45, 2.75) is 75.9 Å². The fourth-order valence-corrected chi connectivity index (χ4v) is 6.24. The number of hydrogen-bond donors (Lipinski definition) is 6. The van der Waals surface area contributed by atoms with Crippen molar-refractivity contribution >= 4 is 5.91 Å². The normalized spacial score (nSPS) is 35.4. The first-order chi connectivity index (χ1) is 18.9. The van der Waals surface area contributed by atoms with Crippen LogP contribution in [0.3, 0.4) is 0 Å². The Morgan fingerprint density at radius 2 is 1.92 bits per heavy atom. The van der Waals surface area contributed by atoms with E-state index >= 15 is 0 Å². The summed E-state index contributed by atoms with van der Waals surface area (Å²) >= 11 is 0. The molecule has 6 atom stereocenters. The van der Waals surface area contributed by atoms with Gasteiger partial charge in [0.1, 0.15) is 18.3 Å². The number of carbonyl (C=O) groups is 1. The molecule has 0 spiro atoms. The molecule has 14 heteroatoms. The third kappa shape index (κ3) is 5.00. The number of morpholine rings is 1. The fourth-order valence-electron chi connectivity index (χ4n) is 6.24. The van der Waals surface area contributed by atoms with E-state index in [1.54, 1.807) is 18.7 Å². The highest BCUT2D eigenvalue weighted by molar-refractivity contribution is 5.86. The summed E-state index contributed by atoms with van der Waals surface area (Å²) in [6, 6.07) is 0.535. The van der Waals surface area contributed by atoms with Crippen molar-refractivity contribution in [1.29, 1.82) is 0 Å². The summed E-state index contributed by atoms with van der Waals surface area (Å²) in [5.41, 5.74) is 0.0503. The average molecular weight is 544 g/mol. The molecule has 3 saturated heterocycles. The predicted molar refractivity (Wildman–Crippen MR) is 143 cm³/mol. The minimum Gasteiger partial charge on any atom is -0.379 e. The molecule has 1 aliphatic carbocycles. The van der Waals surface area contributed by atoms with E-state index in [0.29, 0.717) is 26.3 Å². The molecule has 14 nitrogen and oxygen atoms in total. The van der Waals surface area contributed by atoms with Gasteiger partial charge in [0.2, 0.25) is 6.35 Å². The molecule has 7 N–H and O–H groups in total. The van der Waals surface area contributed by atoms with E-state index in [1.807, 2.05) is 0 Å². The second-order valence-corrected chi connectivity index (χ2v) is 11.3. The number of nitrogens with zero attached hydrogens (tertiary/aromatic N) is 5. The summed E-state index contributed by atoms with van der Waals surface area (Å²) in [4.78, 5) is 19.4. The first kappa shape index (κ1) is 26.5. The number of likely N-dealkylation sites (tertiary alicyclic amines) is 1. The molecule has 5 aliphatic heterocycles. The highest BCUT2D eigenvalue weighted by Crippen LogP contribution is 2.29. The Morgan fingerprint density at radius 3 is 2.67 bits per heavy atom. The number of ether oxygens (including phenoxy) is 2. The van der Waals surface area contributed by atoms with Crippen LogP contribution in [0.2, 0.25) is 0 Å². The number of allylic oxidation sites excluding steroid dienone is 2. The Bertz CT molecular complexity index is 1050. The molecular formula is C25H41N11O3. The Morgan fingerprint density at radius 1 is 1.15 bits per heavy atom.